The number of guanidine groups is 1. The second kappa shape index (κ2) is 4.89. The van der Waals surface area contributed by atoms with Crippen LogP contribution in [-0.4, -0.2) is 30.3 Å². The zero-order valence-corrected chi connectivity index (χ0v) is 6.47. The van der Waals surface area contributed by atoms with E-state index in [2.05, 4.69) is 4.99 Å². The van der Waals surface area contributed by atoms with Gasteiger partial charge >= 0.3 is 0 Å². The molecule has 0 unspecified atom stereocenters. The van der Waals surface area contributed by atoms with Crippen LogP contribution in [0.3, 0.4) is 0 Å². The van der Waals surface area contributed by atoms with E-state index >= 15 is 0 Å². The lowest BCUT2D eigenvalue weighted by atomic mass is 10.6. The molecule has 10 heavy (non-hydrogen) atoms. The SMILES string of the molecule is CN=C(N)N(C#N)CCCl. The Morgan fingerprint density at radius 1 is 1.90 bits per heavy atom. The minimum absolute atomic E-state index is 0.197. The van der Waals surface area contributed by atoms with Crippen LogP contribution in [0, 0.1) is 11.5 Å². The van der Waals surface area contributed by atoms with Crippen molar-refractivity contribution in [2.45, 2.75) is 0 Å². The third kappa shape index (κ3) is 2.55. The van der Waals surface area contributed by atoms with Gasteiger partial charge in [-0.1, -0.05) is 0 Å². The van der Waals surface area contributed by atoms with E-state index in [0.29, 0.717) is 12.4 Å². The second-order valence-corrected chi connectivity index (χ2v) is 1.90. The fourth-order valence-corrected chi connectivity index (χ4v) is 0.590. The molecule has 4 nitrogen and oxygen atoms in total. The zero-order chi connectivity index (χ0) is 7.98. The molecule has 2 N–H and O–H groups in total. The number of nitriles is 1. The van der Waals surface area contributed by atoms with Crippen molar-refractivity contribution in [3.63, 3.8) is 0 Å². The van der Waals surface area contributed by atoms with Gasteiger partial charge in [-0.15, -0.1) is 11.6 Å². The number of nitrogens with zero attached hydrogens (tertiary/aromatic N) is 3. The topological polar surface area (TPSA) is 65.4 Å². The Morgan fingerprint density at radius 3 is 2.80 bits per heavy atom. The van der Waals surface area contributed by atoms with Gasteiger partial charge in [0.15, 0.2) is 6.19 Å². The van der Waals surface area contributed by atoms with Gasteiger partial charge in [0.05, 0.1) is 0 Å². The molecule has 0 rings (SSSR count). The van der Waals surface area contributed by atoms with Gasteiger partial charge in [0.1, 0.15) is 0 Å². The van der Waals surface area contributed by atoms with Crippen molar-refractivity contribution in [2.24, 2.45) is 10.7 Å². The molecule has 56 valence electrons. The Morgan fingerprint density at radius 2 is 2.50 bits per heavy atom. The fraction of sp³-hybridized carbons (Fsp3) is 0.600. The number of hydrogen-bond acceptors (Lipinski definition) is 2. The van der Waals surface area contributed by atoms with E-state index in [4.69, 9.17) is 22.6 Å². The highest BCUT2D eigenvalue weighted by molar-refractivity contribution is 6.18. The first kappa shape index (κ1) is 9.05. The minimum Gasteiger partial charge on any atom is -0.369 e. The summed E-state index contributed by atoms with van der Waals surface area (Å²) in [6.45, 7) is 0.404. The number of aliphatic imine (C=N–C) groups is 1. The third-order valence-corrected chi connectivity index (χ3v) is 1.10. The van der Waals surface area contributed by atoms with E-state index in [9.17, 15) is 0 Å². The number of rotatable bonds is 2. The van der Waals surface area contributed by atoms with Crippen LogP contribution in [0.4, 0.5) is 0 Å². The lowest BCUT2D eigenvalue weighted by Gasteiger charge is -2.10. The third-order valence-electron chi connectivity index (χ3n) is 0.934. The fourth-order valence-electron chi connectivity index (χ4n) is 0.421. The molecular formula is C5H9ClN4. The molecule has 0 bridgehead atoms. The molecule has 0 saturated carbocycles. The summed E-state index contributed by atoms with van der Waals surface area (Å²) in [7, 11) is 1.52. The molecule has 0 aliphatic heterocycles. The molecule has 5 heteroatoms. The van der Waals surface area contributed by atoms with Gasteiger partial charge in [-0.2, -0.15) is 5.26 Å². The molecule has 0 amide bonds. The van der Waals surface area contributed by atoms with Crippen molar-refractivity contribution in [1.82, 2.24) is 4.90 Å². The first-order chi connectivity index (χ1) is 4.76. The Hall–Kier alpha value is -0.950. The van der Waals surface area contributed by atoms with Crippen LogP contribution in [0.15, 0.2) is 4.99 Å². The van der Waals surface area contributed by atoms with E-state index < -0.39 is 0 Å². The van der Waals surface area contributed by atoms with Crippen LogP contribution in [0.2, 0.25) is 0 Å². The average Bonchev–Trinajstić information content (AvgIpc) is 1.99. The van der Waals surface area contributed by atoms with Gasteiger partial charge in [0, 0.05) is 19.5 Å². The van der Waals surface area contributed by atoms with E-state index in [1.165, 1.54) is 11.9 Å². The number of hydrogen-bond donors (Lipinski definition) is 1. The Labute approximate surface area is 64.9 Å². The molecule has 0 fully saturated rings. The predicted octanol–water partition coefficient (Wildman–Crippen LogP) is -0.0472. The van der Waals surface area contributed by atoms with Crippen molar-refractivity contribution in [2.75, 3.05) is 19.5 Å². The molecule has 0 heterocycles. The maximum atomic E-state index is 8.42. The second-order valence-electron chi connectivity index (χ2n) is 1.52. The molecule has 0 saturated heterocycles. The molecule has 0 radical (unpaired) electrons. The highest BCUT2D eigenvalue weighted by Crippen LogP contribution is 1.85. The first-order valence-electron chi connectivity index (χ1n) is 2.71. The maximum absolute atomic E-state index is 8.42. The van der Waals surface area contributed by atoms with Crippen LogP contribution in [0.1, 0.15) is 0 Å². The maximum Gasteiger partial charge on any atom is 0.204 e. The van der Waals surface area contributed by atoms with E-state index in [1.54, 1.807) is 0 Å². The van der Waals surface area contributed by atoms with Gasteiger partial charge in [-0.3, -0.25) is 4.99 Å². The Bertz CT molecular complexity index is 160. The zero-order valence-electron chi connectivity index (χ0n) is 5.71. The summed E-state index contributed by atoms with van der Waals surface area (Å²) >= 11 is 5.37. The molecule has 0 aromatic heterocycles. The number of nitrogens with two attached hydrogens (primary N) is 1. The summed E-state index contributed by atoms with van der Waals surface area (Å²) in [5, 5.41) is 8.42. The quantitative estimate of drug-likeness (QED) is 0.203. The lowest BCUT2D eigenvalue weighted by molar-refractivity contribution is 0.604. The van der Waals surface area contributed by atoms with E-state index in [1.807, 2.05) is 6.19 Å². The Kier molecular flexibility index (Phi) is 4.42. The Balaban J connectivity index is 3.97. The van der Waals surface area contributed by atoms with Gasteiger partial charge in [-0.05, 0) is 0 Å². The highest BCUT2D eigenvalue weighted by Gasteiger charge is 2.02. The monoisotopic (exact) mass is 160 g/mol. The largest absolute Gasteiger partial charge is 0.369 e. The van der Waals surface area contributed by atoms with Crippen molar-refractivity contribution in [3.8, 4) is 6.19 Å². The molecular weight excluding hydrogens is 152 g/mol. The minimum atomic E-state index is 0.197. The van der Waals surface area contributed by atoms with Crippen LogP contribution >= 0.6 is 11.6 Å². The number of alkyl halides is 1. The molecule has 0 aliphatic rings. The molecule has 0 aromatic carbocycles. The average molecular weight is 161 g/mol. The van der Waals surface area contributed by atoms with Crippen molar-refractivity contribution in [1.29, 1.82) is 5.26 Å². The first-order valence-corrected chi connectivity index (χ1v) is 3.25. The summed E-state index contributed by atoms with van der Waals surface area (Å²) in [5.41, 5.74) is 5.31. The van der Waals surface area contributed by atoms with E-state index in [-0.39, 0.29) is 5.96 Å². The van der Waals surface area contributed by atoms with Gasteiger partial charge in [0.25, 0.3) is 0 Å². The molecule has 0 aliphatic carbocycles. The van der Waals surface area contributed by atoms with Crippen molar-refractivity contribution in [3.05, 3.63) is 0 Å². The molecule has 0 spiro atoms. The highest BCUT2D eigenvalue weighted by atomic mass is 35.5. The predicted molar refractivity (Wildman–Crippen MR) is 40.6 cm³/mol. The summed E-state index contributed by atoms with van der Waals surface area (Å²) in [6, 6.07) is 0. The van der Waals surface area contributed by atoms with Crippen LogP contribution < -0.4 is 5.73 Å². The van der Waals surface area contributed by atoms with Gasteiger partial charge in [-0.25, -0.2) is 4.90 Å². The smallest absolute Gasteiger partial charge is 0.204 e. The van der Waals surface area contributed by atoms with Crippen LogP contribution in [0.5, 0.6) is 0 Å². The summed E-state index contributed by atoms with van der Waals surface area (Å²) in [4.78, 5) is 4.85. The summed E-state index contributed by atoms with van der Waals surface area (Å²) in [6.07, 6.45) is 1.85. The standard InChI is InChI=1S/C5H9ClN4/c1-9-5(8)10(4-7)3-2-6/h2-3H2,1H3,(H2,8,9). The van der Waals surface area contributed by atoms with Gasteiger partial charge < -0.3 is 5.73 Å². The van der Waals surface area contributed by atoms with Crippen LogP contribution in [-0.2, 0) is 0 Å². The van der Waals surface area contributed by atoms with E-state index in [0.717, 1.165) is 0 Å². The lowest BCUT2D eigenvalue weighted by Crippen LogP contribution is -2.34. The molecule has 0 aromatic rings. The van der Waals surface area contributed by atoms with Crippen molar-refractivity contribution < 1.29 is 0 Å². The molecule has 0 atom stereocenters. The summed E-state index contributed by atoms with van der Waals surface area (Å²) < 4.78 is 0. The normalized spacial score (nSPS) is 10.7. The summed E-state index contributed by atoms with van der Waals surface area (Å²) in [5.74, 6) is 0.562. The van der Waals surface area contributed by atoms with Crippen LogP contribution in [0.25, 0.3) is 0 Å². The van der Waals surface area contributed by atoms with Crippen molar-refractivity contribution >= 4 is 17.6 Å². The van der Waals surface area contributed by atoms with Gasteiger partial charge in [0.2, 0.25) is 5.96 Å². The number of halogens is 1.